The topological polar surface area (TPSA) is 45.8 Å². The van der Waals surface area contributed by atoms with Crippen molar-refractivity contribution in [3.8, 4) is 0 Å². The molecule has 3 nitrogen and oxygen atoms in total. The lowest BCUT2D eigenvalue weighted by molar-refractivity contribution is 0.112. The number of carbonyl (C=O) groups excluding carboxylic acids is 1. The molecule has 2 aromatic rings. The third kappa shape index (κ3) is 1.03. The highest BCUT2D eigenvalue weighted by atomic mass is 127. The van der Waals surface area contributed by atoms with Gasteiger partial charge < -0.3 is 0 Å². The highest BCUT2D eigenvalue weighted by molar-refractivity contribution is 14.1. The number of H-pyrrole nitrogens is 1. The second-order valence-corrected chi connectivity index (χ2v) is 3.48. The average Bonchev–Trinajstić information content (AvgIpc) is 2.48. The van der Waals surface area contributed by atoms with Crippen molar-refractivity contribution in [1.29, 1.82) is 0 Å². The molecule has 1 heterocycles. The van der Waals surface area contributed by atoms with Gasteiger partial charge in [-0.25, -0.2) is 0 Å². The van der Waals surface area contributed by atoms with Gasteiger partial charge in [-0.15, -0.1) is 0 Å². The lowest BCUT2D eigenvalue weighted by Gasteiger charge is -1.91. The van der Waals surface area contributed by atoms with E-state index in [-0.39, 0.29) is 0 Å². The fourth-order valence-electron chi connectivity index (χ4n) is 1.15. The molecule has 2 rings (SSSR count). The van der Waals surface area contributed by atoms with E-state index in [1.165, 1.54) is 0 Å². The van der Waals surface area contributed by atoms with E-state index in [9.17, 15) is 4.79 Å². The number of hydrogen-bond donors (Lipinski definition) is 1. The highest BCUT2D eigenvalue weighted by Gasteiger charge is 2.05. The summed E-state index contributed by atoms with van der Waals surface area (Å²) < 4.78 is 0.908. The Balaban J connectivity index is 2.93. The minimum Gasteiger partial charge on any atom is -0.298 e. The van der Waals surface area contributed by atoms with Crippen molar-refractivity contribution in [3.63, 3.8) is 0 Å². The summed E-state index contributed by atoms with van der Waals surface area (Å²) in [5, 5.41) is 7.77. The molecule has 0 saturated carbocycles. The number of benzene rings is 1. The summed E-state index contributed by atoms with van der Waals surface area (Å²) in [5.41, 5.74) is 1.52. The Morgan fingerprint density at radius 1 is 1.50 bits per heavy atom. The molecule has 0 aliphatic carbocycles. The van der Waals surface area contributed by atoms with E-state index in [1.54, 1.807) is 6.07 Å². The molecule has 12 heavy (non-hydrogen) atoms. The Hall–Kier alpha value is -0.910. The fraction of sp³-hybridized carbons (Fsp3) is 0. The van der Waals surface area contributed by atoms with Crippen LogP contribution in [0.1, 0.15) is 10.4 Å². The van der Waals surface area contributed by atoms with Crippen LogP contribution in [0.15, 0.2) is 18.2 Å². The van der Waals surface area contributed by atoms with Crippen LogP contribution in [0.25, 0.3) is 10.9 Å². The predicted octanol–water partition coefficient (Wildman–Crippen LogP) is 1.98. The zero-order valence-corrected chi connectivity index (χ0v) is 8.20. The van der Waals surface area contributed by atoms with Crippen LogP contribution in [0.2, 0.25) is 0 Å². The normalized spacial score (nSPS) is 10.4. The second-order valence-electron chi connectivity index (χ2n) is 2.40. The van der Waals surface area contributed by atoms with E-state index in [2.05, 4.69) is 32.8 Å². The van der Waals surface area contributed by atoms with Crippen LogP contribution in [-0.2, 0) is 0 Å². The Kier molecular flexibility index (Phi) is 1.84. The van der Waals surface area contributed by atoms with E-state index in [1.807, 2.05) is 12.1 Å². The first-order valence-electron chi connectivity index (χ1n) is 3.40. The Morgan fingerprint density at radius 3 is 3.08 bits per heavy atom. The molecule has 1 aromatic heterocycles. The molecular formula is C8H5IN2O. The SMILES string of the molecule is O=Cc1cccc2n[nH]c(I)c12. The van der Waals surface area contributed by atoms with E-state index < -0.39 is 0 Å². The first-order chi connectivity index (χ1) is 5.83. The molecule has 0 amide bonds. The largest absolute Gasteiger partial charge is 0.298 e. The summed E-state index contributed by atoms with van der Waals surface area (Å²) >= 11 is 2.13. The number of hydrogen-bond acceptors (Lipinski definition) is 2. The average molecular weight is 272 g/mol. The minimum atomic E-state index is 0.686. The van der Waals surface area contributed by atoms with Crippen LogP contribution in [0.4, 0.5) is 0 Å². The molecule has 0 radical (unpaired) electrons. The van der Waals surface area contributed by atoms with Crippen molar-refractivity contribution in [2.24, 2.45) is 0 Å². The maximum absolute atomic E-state index is 10.6. The molecule has 0 fully saturated rings. The number of carbonyl (C=O) groups is 1. The summed E-state index contributed by atoms with van der Waals surface area (Å²) in [6.07, 6.45) is 0.847. The van der Waals surface area contributed by atoms with Crippen LogP contribution in [0.5, 0.6) is 0 Å². The number of fused-ring (bicyclic) bond motifs is 1. The molecule has 0 atom stereocenters. The van der Waals surface area contributed by atoms with Gasteiger partial charge in [-0.2, -0.15) is 5.10 Å². The number of aromatic nitrogens is 2. The van der Waals surface area contributed by atoms with Crippen LogP contribution in [0, 0.1) is 3.70 Å². The molecular weight excluding hydrogens is 267 g/mol. The van der Waals surface area contributed by atoms with Crippen molar-refractivity contribution >= 4 is 39.8 Å². The van der Waals surface area contributed by atoms with Gasteiger partial charge in [0, 0.05) is 10.9 Å². The summed E-state index contributed by atoms with van der Waals surface area (Å²) in [4.78, 5) is 10.6. The third-order valence-corrected chi connectivity index (χ3v) is 2.48. The van der Waals surface area contributed by atoms with Crippen molar-refractivity contribution < 1.29 is 4.79 Å². The third-order valence-electron chi connectivity index (χ3n) is 1.70. The number of nitrogens with one attached hydrogen (secondary N) is 1. The van der Waals surface area contributed by atoms with Gasteiger partial charge in [-0.1, -0.05) is 12.1 Å². The minimum absolute atomic E-state index is 0.686. The summed E-state index contributed by atoms with van der Waals surface area (Å²) in [7, 11) is 0. The zero-order valence-electron chi connectivity index (χ0n) is 6.04. The van der Waals surface area contributed by atoms with E-state index >= 15 is 0 Å². The smallest absolute Gasteiger partial charge is 0.150 e. The molecule has 0 saturated heterocycles. The first kappa shape index (κ1) is 7.72. The Labute approximate surface area is 82.3 Å². The Morgan fingerprint density at radius 2 is 2.33 bits per heavy atom. The summed E-state index contributed by atoms with van der Waals surface area (Å²) in [6.45, 7) is 0. The lowest BCUT2D eigenvalue weighted by atomic mass is 10.1. The highest BCUT2D eigenvalue weighted by Crippen LogP contribution is 2.20. The quantitative estimate of drug-likeness (QED) is 0.637. The molecule has 0 aliphatic rings. The molecule has 0 bridgehead atoms. The summed E-state index contributed by atoms with van der Waals surface area (Å²) in [5.74, 6) is 0. The fourth-order valence-corrected chi connectivity index (χ4v) is 1.86. The molecule has 60 valence electrons. The molecule has 4 heteroatoms. The number of aldehydes is 1. The Bertz CT molecular complexity index is 436. The number of rotatable bonds is 1. The molecule has 1 aromatic carbocycles. The summed E-state index contributed by atoms with van der Waals surface area (Å²) in [6, 6.07) is 5.48. The van der Waals surface area contributed by atoms with Gasteiger partial charge in [0.25, 0.3) is 0 Å². The molecule has 1 N–H and O–H groups in total. The molecule has 0 aliphatic heterocycles. The van der Waals surface area contributed by atoms with E-state index in [0.717, 1.165) is 20.9 Å². The molecule has 0 spiro atoms. The van der Waals surface area contributed by atoms with Crippen LogP contribution in [-0.4, -0.2) is 16.5 Å². The van der Waals surface area contributed by atoms with Crippen molar-refractivity contribution in [2.45, 2.75) is 0 Å². The van der Waals surface area contributed by atoms with Gasteiger partial charge in [0.1, 0.15) is 3.70 Å². The van der Waals surface area contributed by atoms with Crippen LogP contribution < -0.4 is 0 Å². The van der Waals surface area contributed by atoms with Gasteiger partial charge in [0.05, 0.1) is 5.52 Å². The van der Waals surface area contributed by atoms with E-state index in [4.69, 9.17) is 0 Å². The monoisotopic (exact) mass is 272 g/mol. The van der Waals surface area contributed by atoms with Gasteiger partial charge in [0.15, 0.2) is 6.29 Å². The second kappa shape index (κ2) is 2.85. The maximum Gasteiger partial charge on any atom is 0.150 e. The zero-order chi connectivity index (χ0) is 8.55. The van der Waals surface area contributed by atoms with Gasteiger partial charge >= 0.3 is 0 Å². The van der Waals surface area contributed by atoms with Crippen LogP contribution >= 0.6 is 22.6 Å². The van der Waals surface area contributed by atoms with Crippen LogP contribution in [0.3, 0.4) is 0 Å². The van der Waals surface area contributed by atoms with Gasteiger partial charge in [-0.3, -0.25) is 9.89 Å². The first-order valence-corrected chi connectivity index (χ1v) is 4.48. The lowest BCUT2D eigenvalue weighted by Crippen LogP contribution is -1.81. The van der Waals surface area contributed by atoms with E-state index in [0.29, 0.717) is 5.56 Å². The molecule has 0 unspecified atom stereocenters. The van der Waals surface area contributed by atoms with Gasteiger partial charge in [-0.05, 0) is 28.7 Å². The van der Waals surface area contributed by atoms with Crippen molar-refractivity contribution in [1.82, 2.24) is 10.2 Å². The van der Waals surface area contributed by atoms with Crippen molar-refractivity contribution in [2.75, 3.05) is 0 Å². The number of nitrogens with zero attached hydrogens (tertiary/aromatic N) is 1. The maximum atomic E-state index is 10.6. The number of aromatic amines is 1. The van der Waals surface area contributed by atoms with Gasteiger partial charge in [0.2, 0.25) is 0 Å². The van der Waals surface area contributed by atoms with Crippen molar-refractivity contribution in [3.05, 3.63) is 27.5 Å². The standard InChI is InChI=1S/C8H5IN2O/c9-8-7-5(4-12)2-1-3-6(7)10-11-8/h1-4H,(H,10,11). The predicted molar refractivity (Wildman–Crippen MR) is 54.2 cm³/mol. The number of halogens is 1.